The standard InChI is InChI=1S/C11H17NO3/c1-6(2)5-8-9(11(13)14)15-10(12-8)7(3)4/h6-7H,5H2,1-4H3,(H,13,14). The van der Waals surface area contributed by atoms with Gasteiger partial charge in [-0.25, -0.2) is 9.78 Å². The van der Waals surface area contributed by atoms with E-state index in [2.05, 4.69) is 4.98 Å². The van der Waals surface area contributed by atoms with E-state index in [0.717, 1.165) is 0 Å². The van der Waals surface area contributed by atoms with Crippen molar-refractivity contribution >= 4 is 5.97 Å². The van der Waals surface area contributed by atoms with Crippen molar-refractivity contribution in [3.05, 3.63) is 17.3 Å². The minimum absolute atomic E-state index is 0.00704. The van der Waals surface area contributed by atoms with Crippen molar-refractivity contribution in [3.63, 3.8) is 0 Å². The zero-order valence-corrected chi connectivity index (χ0v) is 9.57. The molecular weight excluding hydrogens is 194 g/mol. The Balaban J connectivity index is 3.06. The van der Waals surface area contributed by atoms with E-state index >= 15 is 0 Å². The maximum atomic E-state index is 10.9. The van der Waals surface area contributed by atoms with Crippen molar-refractivity contribution in [2.75, 3.05) is 0 Å². The lowest BCUT2D eigenvalue weighted by Crippen LogP contribution is -2.03. The molecule has 0 saturated carbocycles. The molecule has 1 rings (SSSR count). The highest BCUT2D eigenvalue weighted by Crippen LogP contribution is 2.20. The van der Waals surface area contributed by atoms with Crippen molar-refractivity contribution in [1.82, 2.24) is 4.98 Å². The molecule has 0 unspecified atom stereocenters. The second-order valence-electron chi connectivity index (χ2n) is 4.39. The fraction of sp³-hybridized carbons (Fsp3) is 0.636. The fourth-order valence-corrected chi connectivity index (χ4v) is 1.31. The van der Waals surface area contributed by atoms with Gasteiger partial charge in [0.25, 0.3) is 0 Å². The van der Waals surface area contributed by atoms with Crippen LogP contribution in [-0.4, -0.2) is 16.1 Å². The number of rotatable bonds is 4. The average molecular weight is 211 g/mol. The predicted molar refractivity (Wildman–Crippen MR) is 56.1 cm³/mol. The van der Waals surface area contributed by atoms with Gasteiger partial charge in [0.2, 0.25) is 5.76 Å². The van der Waals surface area contributed by atoms with Crippen LogP contribution in [0.2, 0.25) is 0 Å². The van der Waals surface area contributed by atoms with Gasteiger partial charge in [-0.05, 0) is 12.3 Å². The molecule has 1 N–H and O–H groups in total. The molecular formula is C11H17NO3. The lowest BCUT2D eigenvalue weighted by atomic mass is 10.1. The van der Waals surface area contributed by atoms with Crippen LogP contribution in [0.5, 0.6) is 0 Å². The number of aromatic nitrogens is 1. The number of oxazole rings is 1. The Hall–Kier alpha value is -1.32. The average Bonchev–Trinajstić information content (AvgIpc) is 2.46. The Bertz CT molecular complexity index is 353. The van der Waals surface area contributed by atoms with Gasteiger partial charge in [-0.15, -0.1) is 0 Å². The first kappa shape index (κ1) is 11.8. The third kappa shape index (κ3) is 2.81. The lowest BCUT2D eigenvalue weighted by Gasteiger charge is -2.00. The molecule has 0 aromatic carbocycles. The topological polar surface area (TPSA) is 63.3 Å². The smallest absolute Gasteiger partial charge is 0.373 e. The molecule has 0 atom stereocenters. The first-order valence-corrected chi connectivity index (χ1v) is 5.14. The second kappa shape index (κ2) is 4.47. The van der Waals surface area contributed by atoms with Crippen molar-refractivity contribution in [2.24, 2.45) is 5.92 Å². The van der Waals surface area contributed by atoms with Gasteiger partial charge < -0.3 is 9.52 Å². The number of aromatic carboxylic acids is 1. The molecule has 0 radical (unpaired) electrons. The fourth-order valence-electron chi connectivity index (χ4n) is 1.31. The van der Waals surface area contributed by atoms with Crippen LogP contribution < -0.4 is 0 Å². The Labute approximate surface area is 89.3 Å². The van der Waals surface area contributed by atoms with E-state index in [4.69, 9.17) is 9.52 Å². The molecule has 0 aliphatic carbocycles. The number of hydrogen-bond donors (Lipinski definition) is 1. The maximum Gasteiger partial charge on any atom is 0.373 e. The minimum atomic E-state index is -1.04. The van der Waals surface area contributed by atoms with Crippen LogP contribution in [0.4, 0.5) is 0 Å². The largest absolute Gasteiger partial charge is 0.475 e. The van der Waals surface area contributed by atoms with Gasteiger partial charge in [0.05, 0.1) is 5.69 Å². The molecule has 84 valence electrons. The molecule has 0 aliphatic heterocycles. The Morgan fingerprint density at radius 1 is 1.40 bits per heavy atom. The van der Waals surface area contributed by atoms with E-state index in [-0.39, 0.29) is 11.7 Å². The molecule has 0 amide bonds. The van der Waals surface area contributed by atoms with Gasteiger partial charge in [-0.2, -0.15) is 0 Å². The summed E-state index contributed by atoms with van der Waals surface area (Å²) >= 11 is 0. The van der Waals surface area contributed by atoms with Crippen LogP contribution in [0.1, 0.15) is 55.8 Å². The summed E-state index contributed by atoms with van der Waals surface area (Å²) in [5.41, 5.74) is 0.557. The SMILES string of the molecule is CC(C)Cc1nc(C(C)C)oc1C(=O)O. The van der Waals surface area contributed by atoms with E-state index in [1.807, 2.05) is 27.7 Å². The number of carboxylic acid groups (broad SMARTS) is 1. The lowest BCUT2D eigenvalue weighted by molar-refractivity contribution is 0.0658. The van der Waals surface area contributed by atoms with E-state index in [1.54, 1.807) is 0 Å². The third-order valence-corrected chi connectivity index (χ3v) is 2.00. The second-order valence-corrected chi connectivity index (χ2v) is 4.39. The summed E-state index contributed by atoms with van der Waals surface area (Å²) in [6.45, 7) is 7.90. The van der Waals surface area contributed by atoms with Crippen LogP contribution in [0.3, 0.4) is 0 Å². The van der Waals surface area contributed by atoms with Crippen molar-refractivity contribution < 1.29 is 14.3 Å². The van der Waals surface area contributed by atoms with Crippen LogP contribution in [0, 0.1) is 5.92 Å². The van der Waals surface area contributed by atoms with Crippen LogP contribution in [-0.2, 0) is 6.42 Å². The molecule has 1 aromatic heterocycles. The number of hydrogen-bond acceptors (Lipinski definition) is 3. The molecule has 15 heavy (non-hydrogen) atoms. The normalized spacial score (nSPS) is 11.3. The summed E-state index contributed by atoms with van der Waals surface area (Å²) in [6, 6.07) is 0. The minimum Gasteiger partial charge on any atom is -0.475 e. The van der Waals surface area contributed by atoms with Crippen molar-refractivity contribution in [1.29, 1.82) is 0 Å². The molecule has 0 spiro atoms. The number of nitrogens with zero attached hydrogens (tertiary/aromatic N) is 1. The molecule has 0 saturated heterocycles. The third-order valence-electron chi connectivity index (χ3n) is 2.00. The summed E-state index contributed by atoms with van der Waals surface area (Å²) in [7, 11) is 0. The van der Waals surface area contributed by atoms with E-state index in [9.17, 15) is 4.79 Å². The molecule has 1 aromatic rings. The monoisotopic (exact) mass is 211 g/mol. The molecule has 1 heterocycles. The summed E-state index contributed by atoms with van der Waals surface area (Å²) in [4.78, 5) is 15.1. The maximum absolute atomic E-state index is 10.9. The summed E-state index contributed by atoms with van der Waals surface area (Å²) in [5, 5.41) is 8.94. The van der Waals surface area contributed by atoms with Gasteiger partial charge in [-0.3, -0.25) is 0 Å². The van der Waals surface area contributed by atoms with Crippen LogP contribution >= 0.6 is 0 Å². The first-order valence-electron chi connectivity index (χ1n) is 5.14. The number of carboxylic acids is 1. The first-order chi connectivity index (χ1) is 6.91. The van der Waals surface area contributed by atoms with Gasteiger partial charge in [0, 0.05) is 5.92 Å². The Morgan fingerprint density at radius 3 is 2.40 bits per heavy atom. The molecule has 4 nitrogen and oxygen atoms in total. The summed E-state index contributed by atoms with van der Waals surface area (Å²) in [5.74, 6) is -0.0577. The van der Waals surface area contributed by atoms with Crippen LogP contribution in [0.15, 0.2) is 4.42 Å². The van der Waals surface area contributed by atoms with Crippen molar-refractivity contribution in [3.8, 4) is 0 Å². The quantitative estimate of drug-likeness (QED) is 0.831. The van der Waals surface area contributed by atoms with Gasteiger partial charge in [-0.1, -0.05) is 27.7 Å². The number of carbonyl (C=O) groups is 1. The molecule has 0 bridgehead atoms. The van der Waals surface area contributed by atoms with E-state index in [1.165, 1.54) is 0 Å². The highest BCUT2D eigenvalue weighted by Gasteiger charge is 2.21. The van der Waals surface area contributed by atoms with Crippen LogP contribution in [0.25, 0.3) is 0 Å². The highest BCUT2D eigenvalue weighted by molar-refractivity contribution is 5.85. The van der Waals surface area contributed by atoms with Crippen molar-refractivity contribution in [2.45, 2.75) is 40.0 Å². The van der Waals surface area contributed by atoms with Gasteiger partial charge in [0.15, 0.2) is 5.89 Å². The zero-order valence-electron chi connectivity index (χ0n) is 9.57. The highest BCUT2D eigenvalue weighted by atomic mass is 16.4. The summed E-state index contributed by atoms with van der Waals surface area (Å²) < 4.78 is 5.23. The Kier molecular flexibility index (Phi) is 3.50. The van der Waals surface area contributed by atoms with E-state index < -0.39 is 5.97 Å². The zero-order chi connectivity index (χ0) is 11.6. The molecule has 4 heteroatoms. The van der Waals surface area contributed by atoms with E-state index in [0.29, 0.717) is 23.9 Å². The Morgan fingerprint density at radius 2 is 2.00 bits per heavy atom. The van der Waals surface area contributed by atoms with Gasteiger partial charge in [0.1, 0.15) is 0 Å². The predicted octanol–water partition coefficient (Wildman–Crippen LogP) is 2.69. The molecule has 0 aliphatic rings. The molecule has 0 fully saturated rings. The van der Waals surface area contributed by atoms with Gasteiger partial charge >= 0.3 is 5.97 Å². The summed E-state index contributed by atoms with van der Waals surface area (Å²) in [6.07, 6.45) is 0.637.